The van der Waals surface area contributed by atoms with Gasteiger partial charge in [0.2, 0.25) is 0 Å². The van der Waals surface area contributed by atoms with Gasteiger partial charge in [0.05, 0.1) is 5.69 Å². The summed E-state index contributed by atoms with van der Waals surface area (Å²) in [4.78, 5) is 16.2. The van der Waals surface area contributed by atoms with Crippen molar-refractivity contribution in [1.82, 2.24) is 20.0 Å². The summed E-state index contributed by atoms with van der Waals surface area (Å²) in [6.07, 6.45) is 5.28. The first kappa shape index (κ1) is 16.3. The Bertz CT molecular complexity index is 588. The van der Waals surface area contributed by atoms with Crippen molar-refractivity contribution in [2.24, 2.45) is 5.41 Å². The van der Waals surface area contributed by atoms with Crippen LogP contribution in [-0.2, 0) is 6.42 Å². The third-order valence-corrected chi connectivity index (χ3v) is 3.60. The van der Waals surface area contributed by atoms with Gasteiger partial charge in [-0.3, -0.25) is 0 Å². The minimum absolute atomic E-state index is 0.103. The molecule has 0 bridgehead atoms. The third-order valence-electron chi connectivity index (χ3n) is 3.60. The van der Waals surface area contributed by atoms with Crippen LogP contribution in [0.2, 0.25) is 0 Å². The van der Waals surface area contributed by atoms with E-state index in [2.05, 4.69) is 15.6 Å². The molecule has 0 radical (unpaired) electrons. The van der Waals surface area contributed by atoms with Crippen LogP contribution in [0.15, 0.2) is 30.6 Å². The van der Waals surface area contributed by atoms with Gasteiger partial charge in [-0.2, -0.15) is 0 Å². The molecule has 2 aromatic rings. The number of fused-ring (bicyclic) bond motifs is 1. The van der Waals surface area contributed by atoms with E-state index >= 15 is 0 Å². The molecular weight excluding hydrogens is 280 g/mol. The fraction of sp³-hybridized carbons (Fsp3) is 0.500. The highest BCUT2D eigenvalue weighted by Crippen LogP contribution is 2.17. The summed E-state index contributed by atoms with van der Waals surface area (Å²) >= 11 is 0. The largest absolute Gasteiger partial charge is 0.396 e. The van der Waals surface area contributed by atoms with E-state index in [1.54, 1.807) is 0 Å². The second kappa shape index (κ2) is 7.26. The van der Waals surface area contributed by atoms with Crippen molar-refractivity contribution in [3.63, 3.8) is 0 Å². The highest BCUT2D eigenvalue weighted by atomic mass is 16.3. The number of hydrogen-bond donors (Lipinski definition) is 3. The number of pyridine rings is 1. The zero-order valence-corrected chi connectivity index (χ0v) is 13.2. The first-order valence-corrected chi connectivity index (χ1v) is 7.55. The number of hydrogen-bond acceptors (Lipinski definition) is 3. The third kappa shape index (κ3) is 4.73. The molecule has 0 unspecified atom stereocenters. The molecule has 2 amide bonds. The fourth-order valence-corrected chi connectivity index (χ4v) is 2.18. The smallest absolute Gasteiger partial charge is 0.314 e. The molecule has 2 aromatic heterocycles. The normalized spacial score (nSPS) is 11.6. The number of aliphatic hydroxyl groups excluding tert-OH is 1. The second-order valence-electron chi connectivity index (χ2n) is 6.20. The monoisotopic (exact) mass is 304 g/mol. The number of nitrogens with one attached hydrogen (secondary N) is 2. The van der Waals surface area contributed by atoms with Crippen LogP contribution in [0.25, 0.3) is 5.65 Å². The molecule has 0 aromatic carbocycles. The summed E-state index contributed by atoms with van der Waals surface area (Å²) < 4.78 is 1.97. The molecule has 22 heavy (non-hydrogen) atoms. The van der Waals surface area contributed by atoms with E-state index in [4.69, 9.17) is 5.11 Å². The fourth-order valence-electron chi connectivity index (χ4n) is 2.18. The maximum absolute atomic E-state index is 11.7. The van der Waals surface area contributed by atoms with Crippen molar-refractivity contribution in [1.29, 1.82) is 0 Å². The van der Waals surface area contributed by atoms with Crippen molar-refractivity contribution < 1.29 is 9.90 Å². The van der Waals surface area contributed by atoms with Crippen LogP contribution in [0, 0.1) is 5.41 Å². The van der Waals surface area contributed by atoms with Crippen LogP contribution in [0.5, 0.6) is 0 Å². The Hall–Kier alpha value is -2.08. The van der Waals surface area contributed by atoms with Gasteiger partial charge in [-0.15, -0.1) is 0 Å². The number of amides is 2. The van der Waals surface area contributed by atoms with Crippen LogP contribution in [0.1, 0.15) is 26.0 Å². The van der Waals surface area contributed by atoms with Gasteiger partial charge in [0.1, 0.15) is 5.65 Å². The molecule has 0 atom stereocenters. The van der Waals surface area contributed by atoms with Crippen molar-refractivity contribution in [2.45, 2.75) is 26.7 Å². The first-order valence-electron chi connectivity index (χ1n) is 7.55. The lowest BCUT2D eigenvalue weighted by atomic mass is 9.90. The van der Waals surface area contributed by atoms with Crippen LogP contribution < -0.4 is 10.6 Å². The molecular formula is C16H24N4O2. The summed E-state index contributed by atoms with van der Waals surface area (Å²) in [5, 5.41) is 14.6. The first-order chi connectivity index (χ1) is 10.5. The zero-order valence-electron chi connectivity index (χ0n) is 13.2. The quantitative estimate of drug-likeness (QED) is 0.727. The molecule has 0 aliphatic rings. The lowest BCUT2D eigenvalue weighted by molar-refractivity contribution is 0.201. The van der Waals surface area contributed by atoms with Gasteiger partial charge in [-0.05, 0) is 24.0 Å². The molecule has 0 aliphatic carbocycles. The van der Waals surface area contributed by atoms with Crippen molar-refractivity contribution >= 4 is 11.7 Å². The number of aliphatic hydroxyl groups is 1. The van der Waals surface area contributed by atoms with E-state index < -0.39 is 0 Å². The molecule has 2 rings (SSSR count). The lowest BCUT2D eigenvalue weighted by Crippen LogP contribution is -2.41. The minimum Gasteiger partial charge on any atom is -0.396 e. The number of aromatic nitrogens is 2. The van der Waals surface area contributed by atoms with Gasteiger partial charge in [-0.25, -0.2) is 9.78 Å². The van der Waals surface area contributed by atoms with E-state index in [1.807, 2.05) is 48.8 Å². The Morgan fingerprint density at radius 1 is 1.36 bits per heavy atom. The molecule has 6 heteroatoms. The van der Waals surface area contributed by atoms with E-state index in [0.717, 1.165) is 11.3 Å². The Morgan fingerprint density at radius 3 is 2.91 bits per heavy atom. The molecule has 0 saturated heterocycles. The van der Waals surface area contributed by atoms with Gasteiger partial charge in [0.15, 0.2) is 0 Å². The maximum atomic E-state index is 11.7. The van der Waals surface area contributed by atoms with Crippen molar-refractivity contribution in [3.05, 3.63) is 36.3 Å². The number of carbonyl (C=O) groups is 1. The highest BCUT2D eigenvalue weighted by Gasteiger charge is 2.17. The minimum atomic E-state index is -0.185. The number of rotatable bonds is 7. The summed E-state index contributed by atoms with van der Waals surface area (Å²) in [5.74, 6) is 0. The molecule has 3 N–H and O–H groups in total. The predicted octanol–water partition coefficient (Wildman–Crippen LogP) is 1.58. The molecule has 6 nitrogen and oxygen atoms in total. The van der Waals surface area contributed by atoms with Crippen LogP contribution in [0.3, 0.4) is 0 Å². The SMILES string of the molecule is CC(C)(CCO)CNC(=O)NCCc1cn2ccccc2n1. The van der Waals surface area contributed by atoms with Crippen LogP contribution >= 0.6 is 0 Å². The van der Waals surface area contributed by atoms with Crippen LogP contribution in [-0.4, -0.2) is 40.2 Å². The number of carbonyl (C=O) groups excluding carboxylic acids is 1. The molecule has 2 heterocycles. The topological polar surface area (TPSA) is 78.7 Å². The predicted molar refractivity (Wildman–Crippen MR) is 85.8 cm³/mol. The van der Waals surface area contributed by atoms with Gasteiger partial charge in [0, 0.05) is 38.5 Å². The van der Waals surface area contributed by atoms with E-state index in [9.17, 15) is 4.79 Å². The highest BCUT2D eigenvalue weighted by molar-refractivity contribution is 5.73. The lowest BCUT2D eigenvalue weighted by Gasteiger charge is -2.23. The zero-order chi connectivity index (χ0) is 16.0. The molecule has 0 aliphatic heterocycles. The summed E-state index contributed by atoms with van der Waals surface area (Å²) in [6, 6.07) is 5.67. The Balaban J connectivity index is 1.72. The molecule has 120 valence electrons. The Kier molecular flexibility index (Phi) is 5.38. The van der Waals surface area contributed by atoms with E-state index in [-0.39, 0.29) is 18.1 Å². The number of nitrogens with zero attached hydrogens (tertiary/aromatic N) is 2. The molecule has 0 fully saturated rings. The van der Waals surface area contributed by atoms with Crippen molar-refractivity contribution in [2.75, 3.05) is 19.7 Å². The van der Waals surface area contributed by atoms with Gasteiger partial charge in [-0.1, -0.05) is 19.9 Å². The average molecular weight is 304 g/mol. The Labute approximate surface area is 130 Å². The number of imidazole rings is 1. The number of urea groups is 1. The standard InChI is InChI=1S/C16H24N4O2/c1-16(2,7-10-21)12-18-15(22)17-8-6-13-11-20-9-4-3-5-14(20)19-13/h3-5,9,11,21H,6-8,10,12H2,1-2H3,(H2,17,18,22). The summed E-state index contributed by atoms with van der Waals surface area (Å²) in [5.41, 5.74) is 1.76. The summed E-state index contributed by atoms with van der Waals surface area (Å²) in [7, 11) is 0. The Morgan fingerprint density at radius 2 is 2.18 bits per heavy atom. The maximum Gasteiger partial charge on any atom is 0.314 e. The van der Waals surface area contributed by atoms with Gasteiger partial charge >= 0.3 is 6.03 Å². The molecule has 0 saturated carbocycles. The van der Waals surface area contributed by atoms with Crippen molar-refractivity contribution in [3.8, 4) is 0 Å². The summed E-state index contributed by atoms with van der Waals surface area (Å²) in [6.45, 7) is 5.23. The molecule has 0 spiro atoms. The average Bonchev–Trinajstić information content (AvgIpc) is 2.88. The second-order valence-corrected chi connectivity index (χ2v) is 6.20. The van der Waals surface area contributed by atoms with Crippen LogP contribution in [0.4, 0.5) is 4.79 Å². The van der Waals surface area contributed by atoms with E-state index in [0.29, 0.717) is 25.9 Å². The van der Waals surface area contributed by atoms with Gasteiger partial charge < -0.3 is 20.1 Å². The van der Waals surface area contributed by atoms with E-state index in [1.165, 1.54) is 0 Å². The van der Waals surface area contributed by atoms with Gasteiger partial charge in [0.25, 0.3) is 0 Å².